The minimum absolute atomic E-state index is 0.193. The van der Waals surface area contributed by atoms with Crippen molar-refractivity contribution >= 4 is 17.2 Å². The van der Waals surface area contributed by atoms with Crippen molar-refractivity contribution in [3.63, 3.8) is 0 Å². The van der Waals surface area contributed by atoms with Crippen LogP contribution >= 0.6 is 11.3 Å². The Hall–Kier alpha value is -3.45. The predicted octanol–water partition coefficient (Wildman–Crippen LogP) is 4.38. The Morgan fingerprint density at radius 3 is 2.57 bits per heavy atom. The summed E-state index contributed by atoms with van der Waals surface area (Å²) >= 11 is 1.63. The third kappa shape index (κ3) is 3.97. The number of carbonyl (C=O) groups excluding carboxylic acids is 1. The maximum Gasteiger partial charge on any atom is 0.253 e. The highest BCUT2D eigenvalue weighted by atomic mass is 32.1. The fraction of sp³-hybridized carbons (Fsp3) is 0.174. The quantitative estimate of drug-likeness (QED) is 0.505. The van der Waals surface area contributed by atoms with E-state index < -0.39 is 6.04 Å². The van der Waals surface area contributed by atoms with Gasteiger partial charge in [0.15, 0.2) is 0 Å². The summed E-state index contributed by atoms with van der Waals surface area (Å²) in [6.07, 6.45) is 3.58. The fourth-order valence-electron chi connectivity index (χ4n) is 3.32. The van der Waals surface area contributed by atoms with Crippen molar-refractivity contribution < 1.29 is 9.53 Å². The fourth-order valence-corrected chi connectivity index (χ4v) is 4.02. The van der Waals surface area contributed by atoms with Crippen molar-refractivity contribution in [2.45, 2.75) is 13.0 Å². The van der Waals surface area contributed by atoms with Gasteiger partial charge in [-0.05, 0) is 48.2 Å². The highest BCUT2D eigenvalue weighted by Crippen LogP contribution is 2.26. The van der Waals surface area contributed by atoms with Crippen molar-refractivity contribution in [2.24, 2.45) is 7.05 Å². The van der Waals surface area contributed by atoms with Crippen LogP contribution in [0.25, 0.3) is 10.6 Å². The minimum atomic E-state index is -0.403. The number of nitrogens with one attached hydrogen (secondary N) is 1. The summed E-state index contributed by atoms with van der Waals surface area (Å²) in [5.74, 6) is 1.31. The summed E-state index contributed by atoms with van der Waals surface area (Å²) in [4.78, 5) is 23.3. The number of thiophene rings is 1. The second-order valence-electron chi connectivity index (χ2n) is 6.88. The van der Waals surface area contributed by atoms with Crippen LogP contribution in [0.2, 0.25) is 0 Å². The number of ether oxygens (including phenoxy) is 1. The second kappa shape index (κ2) is 8.51. The molecular weight excluding hydrogens is 396 g/mol. The number of nitrogens with zero attached hydrogens (tertiary/aromatic N) is 3. The molecule has 0 bridgehead atoms. The van der Waals surface area contributed by atoms with Crippen molar-refractivity contribution in [1.82, 2.24) is 19.9 Å². The van der Waals surface area contributed by atoms with E-state index in [1.807, 2.05) is 78.6 Å². The molecule has 3 heterocycles. The Kier molecular flexibility index (Phi) is 5.63. The number of aromatic nitrogens is 3. The van der Waals surface area contributed by atoms with Crippen molar-refractivity contribution in [1.29, 1.82) is 0 Å². The van der Waals surface area contributed by atoms with Crippen LogP contribution in [0.5, 0.6) is 5.75 Å². The number of methoxy groups -OCH3 is 1. The molecule has 1 atom stereocenters. The Labute approximate surface area is 179 Å². The molecule has 0 aliphatic rings. The van der Waals surface area contributed by atoms with E-state index in [2.05, 4.69) is 15.3 Å². The molecule has 0 spiro atoms. The van der Waals surface area contributed by atoms with Crippen LogP contribution in [0.3, 0.4) is 0 Å². The lowest BCUT2D eigenvalue weighted by molar-refractivity contribution is 0.0940. The van der Waals surface area contributed by atoms with Gasteiger partial charge >= 0.3 is 0 Å². The average molecular weight is 419 g/mol. The van der Waals surface area contributed by atoms with Gasteiger partial charge in [0.2, 0.25) is 0 Å². The number of hydrogen-bond acceptors (Lipinski definition) is 5. The van der Waals surface area contributed by atoms with Gasteiger partial charge in [0, 0.05) is 19.4 Å². The molecule has 0 saturated heterocycles. The van der Waals surface area contributed by atoms with Gasteiger partial charge in [-0.2, -0.15) is 0 Å². The van der Waals surface area contributed by atoms with E-state index in [-0.39, 0.29) is 5.91 Å². The van der Waals surface area contributed by atoms with Crippen LogP contribution in [0, 0.1) is 6.92 Å². The Morgan fingerprint density at radius 1 is 1.17 bits per heavy atom. The Balaban J connectivity index is 1.64. The lowest BCUT2D eigenvalue weighted by Crippen LogP contribution is -2.31. The van der Waals surface area contributed by atoms with Crippen molar-refractivity contribution in [3.8, 4) is 16.3 Å². The largest absolute Gasteiger partial charge is 0.497 e. The van der Waals surface area contributed by atoms with Crippen LogP contribution in [0.15, 0.2) is 66.3 Å². The normalized spacial score (nSPS) is 11.8. The molecule has 4 rings (SSSR count). The molecule has 6 nitrogen and oxygen atoms in total. The standard InChI is InChI=1S/C23H22N4O2S/c1-15-18(10-11-19(25-15)20-5-4-14-30-20)23(28)26-21(22-24-12-13-27(22)2)16-6-8-17(29-3)9-7-16/h4-14,21H,1-3H3,(H,26,28). The number of imidazole rings is 1. The first-order chi connectivity index (χ1) is 14.6. The molecule has 3 aromatic heterocycles. The predicted molar refractivity (Wildman–Crippen MR) is 118 cm³/mol. The van der Waals surface area contributed by atoms with E-state index in [0.717, 1.165) is 27.7 Å². The van der Waals surface area contributed by atoms with Gasteiger partial charge in [0.1, 0.15) is 17.6 Å². The maximum absolute atomic E-state index is 13.2. The molecule has 7 heteroatoms. The van der Waals surface area contributed by atoms with Gasteiger partial charge in [-0.3, -0.25) is 9.78 Å². The second-order valence-corrected chi connectivity index (χ2v) is 7.83. The number of hydrogen-bond donors (Lipinski definition) is 1. The lowest BCUT2D eigenvalue weighted by Gasteiger charge is -2.20. The molecule has 152 valence electrons. The number of pyridine rings is 1. The van der Waals surface area contributed by atoms with E-state index in [0.29, 0.717) is 11.3 Å². The Bertz CT molecular complexity index is 1150. The smallest absolute Gasteiger partial charge is 0.253 e. The summed E-state index contributed by atoms with van der Waals surface area (Å²) in [5, 5.41) is 5.14. The van der Waals surface area contributed by atoms with Crippen LogP contribution in [0.1, 0.15) is 33.5 Å². The van der Waals surface area contributed by atoms with Crippen LogP contribution in [-0.4, -0.2) is 27.6 Å². The van der Waals surface area contributed by atoms with E-state index in [4.69, 9.17) is 4.74 Å². The highest BCUT2D eigenvalue weighted by Gasteiger charge is 2.23. The maximum atomic E-state index is 13.2. The summed E-state index contributed by atoms with van der Waals surface area (Å²) in [6, 6.07) is 14.9. The van der Waals surface area contributed by atoms with Gasteiger partial charge < -0.3 is 14.6 Å². The molecule has 1 aromatic carbocycles. The zero-order valence-electron chi connectivity index (χ0n) is 17.0. The van der Waals surface area contributed by atoms with E-state index in [1.54, 1.807) is 24.6 Å². The van der Waals surface area contributed by atoms with Crippen LogP contribution in [-0.2, 0) is 7.05 Å². The van der Waals surface area contributed by atoms with Crippen molar-refractivity contribution in [2.75, 3.05) is 7.11 Å². The minimum Gasteiger partial charge on any atom is -0.497 e. The molecule has 0 fully saturated rings. The lowest BCUT2D eigenvalue weighted by atomic mass is 10.0. The van der Waals surface area contributed by atoms with Gasteiger partial charge in [-0.15, -0.1) is 11.3 Å². The number of rotatable bonds is 6. The molecule has 0 saturated carbocycles. The molecule has 1 N–H and O–H groups in total. The number of amides is 1. The monoisotopic (exact) mass is 418 g/mol. The summed E-state index contributed by atoms with van der Waals surface area (Å²) < 4.78 is 7.16. The zero-order valence-corrected chi connectivity index (χ0v) is 17.8. The number of benzene rings is 1. The molecule has 4 aromatic rings. The van der Waals surface area contributed by atoms with Gasteiger partial charge in [0.05, 0.1) is 28.9 Å². The van der Waals surface area contributed by atoms with Gasteiger partial charge in [0.25, 0.3) is 5.91 Å². The zero-order chi connectivity index (χ0) is 21.1. The van der Waals surface area contributed by atoms with E-state index in [1.165, 1.54) is 0 Å². The third-order valence-corrected chi connectivity index (χ3v) is 5.84. The summed E-state index contributed by atoms with van der Waals surface area (Å²) in [7, 11) is 3.54. The first-order valence-corrected chi connectivity index (χ1v) is 10.4. The average Bonchev–Trinajstić information content (AvgIpc) is 3.44. The molecule has 1 unspecified atom stereocenters. The SMILES string of the molecule is COc1ccc(C(NC(=O)c2ccc(-c3cccs3)nc2C)c2nccn2C)cc1. The molecule has 30 heavy (non-hydrogen) atoms. The first-order valence-electron chi connectivity index (χ1n) is 9.50. The third-order valence-electron chi connectivity index (χ3n) is 4.95. The van der Waals surface area contributed by atoms with Crippen LogP contribution < -0.4 is 10.1 Å². The molecule has 0 aliphatic carbocycles. The molecule has 0 radical (unpaired) electrons. The number of carbonyl (C=O) groups is 1. The van der Waals surface area contributed by atoms with Crippen LogP contribution in [0.4, 0.5) is 0 Å². The van der Waals surface area contributed by atoms with E-state index >= 15 is 0 Å². The molecule has 1 amide bonds. The highest BCUT2D eigenvalue weighted by molar-refractivity contribution is 7.13. The molecule has 0 aliphatic heterocycles. The van der Waals surface area contributed by atoms with E-state index in [9.17, 15) is 4.79 Å². The Morgan fingerprint density at radius 2 is 1.97 bits per heavy atom. The number of aryl methyl sites for hydroxylation is 2. The van der Waals surface area contributed by atoms with Gasteiger partial charge in [-0.1, -0.05) is 18.2 Å². The van der Waals surface area contributed by atoms with Crippen molar-refractivity contribution in [3.05, 3.63) is 88.9 Å². The molecular formula is C23H22N4O2S. The summed E-state index contributed by atoms with van der Waals surface area (Å²) in [5.41, 5.74) is 3.02. The topological polar surface area (TPSA) is 69.0 Å². The first kappa shape index (κ1) is 19.8. The van der Waals surface area contributed by atoms with Gasteiger partial charge in [-0.25, -0.2) is 4.98 Å². The summed E-state index contributed by atoms with van der Waals surface area (Å²) in [6.45, 7) is 1.86.